The smallest absolute Gasteiger partial charge is 0.253 e. The molecular weight excluding hydrogens is 406 g/mol. The summed E-state index contributed by atoms with van der Waals surface area (Å²) < 4.78 is 7.29. The lowest BCUT2D eigenvalue weighted by Crippen LogP contribution is -2.24. The van der Waals surface area contributed by atoms with E-state index in [0.29, 0.717) is 33.6 Å². The second-order valence-electron chi connectivity index (χ2n) is 8.04. The second-order valence-corrected chi connectivity index (χ2v) is 8.04. The Morgan fingerprint density at radius 2 is 1.97 bits per heavy atom. The third-order valence-electron chi connectivity index (χ3n) is 5.11. The van der Waals surface area contributed by atoms with Gasteiger partial charge in [-0.3, -0.25) is 9.59 Å². The van der Waals surface area contributed by atoms with Gasteiger partial charge in [0.25, 0.3) is 11.8 Å². The van der Waals surface area contributed by atoms with Crippen molar-refractivity contribution in [3.63, 3.8) is 0 Å². The summed E-state index contributed by atoms with van der Waals surface area (Å²) >= 11 is 0. The van der Waals surface area contributed by atoms with Crippen LogP contribution in [0.2, 0.25) is 0 Å². The van der Waals surface area contributed by atoms with Crippen molar-refractivity contribution in [1.82, 2.24) is 25.0 Å². The lowest BCUT2D eigenvalue weighted by Gasteiger charge is -2.12. The zero-order valence-electron chi connectivity index (χ0n) is 18.5. The first-order chi connectivity index (χ1) is 15.3. The number of carbonyl (C=O) groups excluding carboxylic acids is 2. The fourth-order valence-corrected chi connectivity index (χ4v) is 3.48. The number of pyridine rings is 1. The maximum atomic E-state index is 13.2. The Hall–Kier alpha value is -3.94. The molecule has 0 aliphatic rings. The molecule has 0 bridgehead atoms. The van der Waals surface area contributed by atoms with E-state index < -0.39 is 0 Å². The van der Waals surface area contributed by atoms with Gasteiger partial charge in [0.05, 0.1) is 23.4 Å². The minimum Gasteiger partial charge on any atom is -0.463 e. The van der Waals surface area contributed by atoms with Crippen LogP contribution < -0.4 is 5.32 Å². The van der Waals surface area contributed by atoms with Crippen LogP contribution in [-0.4, -0.2) is 45.6 Å². The van der Waals surface area contributed by atoms with E-state index in [1.165, 1.54) is 4.90 Å². The number of hydrogen-bond acceptors (Lipinski definition) is 5. The van der Waals surface area contributed by atoms with Gasteiger partial charge in [-0.15, -0.1) is 0 Å². The molecule has 2 amide bonds. The molecule has 4 aromatic rings. The summed E-state index contributed by atoms with van der Waals surface area (Å²) in [5, 5.41) is 8.05. The van der Waals surface area contributed by atoms with Gasteiger partial charge < -0.3 is 14.6 Å². The molecule has 1 N–H and O–H groups in total. The van der Waals surface area contributed by atoms with Gasteiger partial charge in [-0.05, 0) is 49.7 Å². The van der Waals surface area contributed by atoms with Crippen molar-refractivity contribution in [2.75, 3.05) is 14.1 Å². The van der Waals surface area contributed by atoms with Crippen LogP contribution in [0.4, 0.5) is 0 Å². The van der Waals surface area contributed by atoms with E-state index >= 15 is 0 Å². The maximum Gasteiger partial charge on any atom is 0.253 e. The first-order valence-electron chi connectivity index (χ1n) is 10.4. The largest absolute Gasteiger partial charge is 0.463 e. The summed E-state index contributed by atoms with van der Waals surface area (Å²) in [6.07, 6.45) is 3.24. The highest BCUT2D eigenvalue weighted by molar-refractivity contribution is 6.06. The molecular formula is C24H25N5O3. The number of rotatable bonds is 6. The van der Waals surface area contributed by atoms with Crippen molar-refractivity contribution in [3.05, 3.63) is 71.6 Å². The zero-order valence-corrected chi connectivity index (χ0v) is 18.5. The molecule has 0 spiro atoms. The SMILES string of the molecule is CC(C)n1ncc2c(C(=O)NCc3cccc(C(=O)N(C)C)c3)cc(-c3ccco3)nc21. The number of aromatic nitrogens is 3. The van der Waals surface area contributed by atoms with Crippen LogP contribution in [0.15, 0.2) is 59.3 Å². The van der Waals surface area contributed by atoms with Crippen LogP contribution in [0.3, 0.4) is 0 Å². The molecule has 0 atom stereocenters. The molecule has 32 heavy (non-hydrogen) atoms. The fraction of sp³-hybridized carbons (Fsp3) is 0.250. The van der Waals surface area contributed by atoms with Gasteiger partial charge in [-0.1, -0.05) is 12.1 Å². The number of benzene rings is 1. The molecule has 0 aliphatic carbocycles. The summed E-state index contributed by atoms with van der Waals surface area (Å²) in [6.45, 7) is 4.30. The maximum absolute atomic E-state index is 13.2. The van der Waals surface area contributed by atoms with Crippen molar-refractivity contribution < 1.29 is 14.0 Å². The topological polar surface area (TPSA) is 93.3 Å². The zero-order chi connectivity index (χ0) is 22.8. The Morgan fingerprint density at radius 3 is 2.66 bits per heavy atom. The Morgan fingerprint density at radius 1 is 1.16 bits per heavy atom. The molecule has 8 nitrogen and oxygen atoms in total. The quantitative estimate of drug-likeness (QED) is 0.500. The number of nitrogens with one attached hydrogen (secondary N) is 1. The number of furan rings is 1. The lowest BCUT2D eigenvalue weighted by molar-refractivity contribution is 0.0827. The molecule has 0 saturated carbocycles. The number of nitrogens with zero attached hydrogens (tertiary/aromatic N) is 4. The molecule has 3 aromatic heterocycles. The van der Waals surface area contributed by atoms with Gasteiger partial charge in [0.15, 0.2) is 11.4 Å². The van der Waals surface area contributed by atoms with Crippen molar-refractivity contribution in [1.29, 1.82) is 0 Å². The molecule has 164 valence electrons. The Balaban J connectivity index is 1.65. The highest BCUT2D eigenvalue weighted by atomic mass is 16.3. The first kappa shape index (κ1) is 21.3. The predicted octanol–water partition coefficient (Wildman–Crippen LogP) is 3.90. The molecule has 0 aliphatic heterocycles. The fourth-order valence-electron chi connectivity index (χ4n) is 3.48. The minimum atomic E-state index is -0.252. The normalized spacial score (nSPS) is 11.2. The van der Waals surface area contributed by atoms with Crippen LogP contribution in [0.25, 0.3) is 22.5 Å². The van der Waals surface area contributed by atoms with E-state index in [-0.39, 0.29) is 24.4 Å². The van der Waals surface area contributed by atoms with Gasteiger partial charge in [0, 0.05) is 32.2 Å². The molecule has 0 unspecified atom stereocenters. The number of amides is 2. The van der Waals surface area contributed by atoms with Crippen LogP contribution in [0.1, 0.15) is 46.2 Å². The summed E-state index contributed by atoms with van der Waals surface area (Å²) in [7, 11) is 3.42. The van der Waals surface area contributed by atoms with Crippen LogP contribution >= 0.6 is 0 Å². The second kappa shape index (κ2) is 8.66. The van der Waals surface area contributed by atoms with Gasteiger partial charge in [-0.2, -0.15) is 5.10 Å². The Kier molecular flexibility index (Phi) is 5.77. The molecule has 8 heteroatoms. The van der Waals surface area contributed by atoms with Gasteiger partial charge in [0.2, 0.25) is 0 Å². The third-order valence-corrected chi connectivity index (χ3v) is 5.11. The van der Waals surface area contributed by atoms with E-state index in [0.717, 1.165) is 5.56 Å². The molecule has 0 radical (unpaired) electrons. The van der Waals surface area contributed by atoms with Crippen molar-refractivity contribution in [2.24, 2.45) is 0 Å². The van der Waals surface area contributed by atoms with Gasteiger partial charge in [-0.25, -0.2) is 9.67 Å². The molecule has 1 aromatic carbocycles. The summed E-state index contributed by atoms with van der Waals surface area (Å²) in [6, 6.07) is 12.6. The third kappa shape index (κ3) is 4.12. The van der Waals surface area contributed by atoms with Crippen molar-refractivity contribution in [2.45, 2.75) is 26.4 Å². The van der Waals surface area contributed by atoms with E-state index in [4.69, 9.17) is 9.40 Å². The van der Waals surface area contributed by atoms with Crippen molar-refractivity contribution in [3.8, 4) is 11.5 Å². The molecule has 3 heterocycles. The van der Waals surface area contributed by atoms with Crippen molar-refractivity contribution >= 4 is 22.8 Å². The molecule has 0 saturated heterocycles. The standard InChI is InChI=1S/C24H25N5O3/c1-15(2)29-22-19(14-26-29)18(12-20(27-22)21-9-6-10-32-21)23(30)25-13-16-7-5-8-17(11-16)24(31)28(3)4/h5-12,14-15H,13H2,1-4H3,(H,25,30). The highest BCUT2D eigenvalue weighted by Gasteiger charge is 2.19. The summed E-state index contributed by atoms with van der Waals surface area (Å²) in [5.74, 6) is 0.239. The number of fused-ring (bicyclic) bond motifs is 1. The lowest BCUT2D eigenvalue weighted by atomic mass is 10.1. The minimum absolute atomic E-state index is 0.0831. The average Bonchev–Trinajstić information content (AvgIpc) is 3.46. The van der Waals surface area contributed by atoms with Crippen LogP contribution in [0, 0.1) is 0 Å². The number of hydrogen-bond donors (Lipinski definition) is 1. The van der Waals surface area contributed by atoms with E-state index in [9.17, 15) is 9.59 Å². The Bertz CT molecular complexity index is 1270. The summed E-state index contributed by atoms with van der Waals surface area (Å²) in [5.41, 5.74) is 3.06. The average molecular weight is 431 g/mol. The van der Waals surface area contributed by atoms with Crippen LogP contribution in [-0.2, 0) is 6.54 Å². The van der Waals surface area contributed by atoms with E-state index in [2.05, 4.69) is 10.4 Å². The van der Waals surface area contributed by atoms with Gasteiger partial charge in [0.1, 0.15) is 5.69 Å². The number of carbonyl (C=O) groups is 2. The molecule has 4 rings (SSSR count). The van der Waals surface area contributed by atoms with Gasteiger partial charge >= 0.3 is 0 Å². The Labute approximate surface area is 185 Å². The highest BCUT2D eigenvalue weighted by Crippen LogP contribution is 2.26. The predicted molar refractivity (Wildman–Crippen MR) is 121 cm³/mol. The van der Waals surface area contributed by atoms with E-state index in [1.54, 1.807) is 61.6 Å². The first-order valence-corrected chi connectivity index (χ1v) is 10.4. The van der Waals surface area contributed by atoms with Crippen LogP contribution in [0.5, 0.6) is 0 Å². The van der Waals surface area contributed by atoms with E-state index in [1.807, 2.05) is 26.0 Å². The molecule has 0 fully saturated rings. The monoisotopic (exact) mass is 431 g/mol. The summed E-state index contributed by atoms with van der Waals surface area (Å²) in [4.78, 5) is 31.6.